The summed E-state index contributed by atoms with van der Waals surface area (Å²) in [6, 6.07) is 2.86. The summed E-state index contributed by atoms with van der Waals surface area (Å²) in [5.41, 5.74) is -0.260. The second-order valence-electron chi connectivity index (χ2n) is 3.91. The summed E-state index contributed by atoms with van der Waals surface area (Å²) in [5, 5.41) is 10.7. The Bertz CT molecular complexity index is 572. The predicted molar refractivity (Wildman–Crippen MR) is 67.4 cm³/mol. The Morgan fingerprint density at radius 3 is 2.68 bits per heavy atom. The zero-order valence-corrected chi connectivity index (χ0v) is 11.9. The zero-order chi connectivity index (χ0) is 14.6. The van der Waals surface area contributed by atoms with Crippen molar-refractivity contribution in [1.29, 1.82) is 0 Å². The number of aromatic carboxylic acids is 1. The molecule has 0 spiro atoms. The standard InChI is InChI=1S/C11H14ClNO5S/c1-7(6-18-2)13-19(16,17)10-5-8(11(14)15)3-4-9(10)12/h3-5,7,13H,6H2,1-2H3,(H,14,15)/p-1/t7-/m1/s1. The van der Waals surface area contributed by atoms with Gasteiger partial charge in [-0.2, -0.15) is 0 Å². The van der Waals surface area contributed by atoms with E-state index in [4.69, 9.17) is 16.3 Å². The van der Waals surface area contributed by atoms with E-state index in [1.165, 1.54) is 19.2 Å². The smallest absolute Gasteiger partial charge is 0.242 e. The maximum atomic E-state index is 12.0. The molecular weight excluding hydrogens is 294 g/mol. The summed E-state index contributed by atoms with van der Waals surface area (Å²) >= 11 is 5.78. The van der Waals surface area contributed by atoms with Gasteiger partial charge in [-0.3, -0.25) is 0 Å². The summed E-state index contributed by atoms with van der Waals surface area (Å²) in [6.07, 6.45) is 0. The molecule has 19 heavy (non-hydrogen) atoms. The van der Waals surface area contributed by atoms with Crippen molar-refractivity contribution in [2.45, 2.75) is 17.9 Å². The number of benzene rings is 1. The van der Waals surface area contributed by atoms with Gasteiger partial charge in [0, 0.05) is 13.2 Å². The highest BCUT2D eigenvalue weighted by Gasteiger charge is 2.21. The number of halogens is 1. The first-order chi connectivity index (χ1) is 8.77. The number of carboxylic acids is 1. The highest BCUT2D eigenvalue weighted by Crippen LogP contribution is 2.22. The van der Waals surface area contributed by atoms with Crippen LogP contribution in [-0.2, 0) is 14.8 Å². The first kappa shape index (κ1) is 15.9. The largest absolute Gasteiger partial charge is 0.545 e. The Labute approximate surface area is 116 Å². The quantitative estimate of drug-likeness (QED) is 0.799. The van der Waals surface area contributed by atoms with Gasteiger partial charge >= 0.3 is 0 Å². The number of methoxy groups -OCH3 is 1. The van der Waals surface area contributed by atoms with Crippen molar-refractivity contribution < 1.29 is 23.1 Å². The third-order valence-corrected chi connectivity index (χ3v) is 4.30. The third kappa shape index (κ3) is 4.17. The van der Waals surface area contributed by atoms with Gasteiger partial charge in [0.25, 0.3) is 0 Å². The number of nitrogens with one attached hydrogen (secondary N) is 1. The molecule has 0 fully saturated rings. The fourth-order valence-electron chi connectivity index (χ4n) is 1.45. The summed E-state index contributed by atoms with van der Waals surface area (Å²) < 4.78 is 31.2. The number of rotatable bonds is 6. The lowest BCUT2D eigenvalue weighted by Gasteiger charge is -2.15. The van der Waals surface area contributed by atoms with Crippen LogP contribution in [0.3, 0.4) is 0 Å². The Morgan fingerprint density at radius 1 is 1.53 bits per heavy atom. The van der Waals surface area contributed by atoms with Crippen LogP contribution in [0.4, 0.5) is 0 Å². The van der Waals surface area contributed by atoms with Crippen molar-refractivity contribution in [3.05, 3.63) is 28.8 Å². The molecule has 0 amide bonds. The Morgan fingerprint density at radius 2 is 2.16 bits per heavy atom. The van der Waals surface area contributed by atoms with Crippen molar-refractivity contribution in [2.24, 2.45) is 0 Å². The van der Waals surface area contributed by atoms with E-state index in [2.05, 4.69) is 4.72 Å². The van der Waals surface area contributed by atoms with Crippen LogP contribution in [0.2, 0.25) is 5.02 Å². The molecule has 0 heterocycles. The minimum absolute atomic E-state index is 0.0675. The number of hydrogen-bond donors (Lipinski definition) is 1. The highest BCUT2D eigenvalue weighted by atomic mass is 35.5. The summed E-state index contributed by atoms with van der Waals surface area (Å²) in [5.74, 6) is -1.47. The SMILES string of the molecule is COC[C@@H](C)NS(=O)(=O)c1cc(C(=O)[O-])ccc1Cl. The second-order valence-corrected chi connectivity index (χ2v) is 6.00. The Balaban J connectivity index is 3.13. The van der Waals surface area contributed by atoms with Crippen LogP contribution in [0, 0.1) is 0 Å². The first-order valence-corrected chi connectivity index (χ1v) is 7.16. The maximum Gasteiger partial charge on any atom is 0.242 e. The lowest BCUT2D eigenvalue weighted by molar-refractivity contribution is -0.255. The van der Waals surface area contributed by atoms with E-state index in [-0.39, 0.29) is 22.1 Å². The molecule has 0 aliphatic carbocycles. The summed E-state index contributed by atoms with van der Waals surface area (Å²) in [7, 11) is -2.48. The molecule has 0 aromatic heterocycles. The summed E-state index contributed by atoms with van der Waals surface area (Å²) in [4.78, 5) is 10.4. The van der Waals surface area contributed by atoms with Gasteiger partial charge in [-0.25, -0.2) is 13.1 Å². The molecule has 1 N–H and O–H groups in total. The molecule has 0 radical (unpaired) electrons. The van der Waals surface area contributed by atoms with Crippen LogP contribution in [0.1, 0.15) is 17.3 Å². The molecule has 0 saturated carbocycles. The van der Waals surface area contributed by atoms with Crippen LogP contribution >= 0.6 is 11.6 Å². The Kier molecular flexibility index (Phi) is 5.30. The molecule has 1 rings (SSSR count). The van der Waals surface area contributed by atoms with Crippen molar-refractivity contribution in [3.8, 4) is 0 Å². The minimum Gasteiger partial charge on any atom is -0.545 e. The van der Waals surface area contributed by atoms with Gasteiger partial charge in [-0.1, -0.05) is 17.7 Å². The number of carbonyl (C=O) groups is 1. The number of hydrogen-bond acceptors (Lipinski definition) is 5. The molecule has 106 valence electrons. The molecule has 0 aliphatic rings. The molecule has 6 nitrogen and oxygen atoms in total. The molecule has 0 unspecified atom stereocenters. The molecule has 0 saturated heterocycles. The average molecular weight is 307 g/mol. The van der Waals surface area contributed by atoms with Crippen LogP contribution in [0.25, 0.3) is 0 Å². The van der Waals surface area contributed by atoms with E-state index in [1.54, 1.807) is 6.92 Å². The van der Waals surface area contributed by atoms with Gasteiger partial charge in [0.05, 0.1) is 17.6 Å². The number of carboxylic acid groups (broad SMARTS) is 1. The normalized spacial score (nSPS) is 13.2. The maximum absolute atomic E-state index is 12.0. The third-order valence-electron chi connectivity index (χ3n) is 2.23. The van der Waals surface area contributed by atoms with E-state index in [9.17, 15) is 18.3 Å². The van der Waals surface area contributed by atoms with E-state index < -0.39 is 22.0 Å². The Hall–Kier alpha value is -1.15. The topological polar surface area (TPSA) is 95.5 Å². The molecule has 1 aromatic rings. The first-order valence-electron chi connectivity index (χ1n) is 5.30. The van der Waals surface area contributed by atoms with Crippen molar-refractivity contribution in [2.75, 3.05) is 13.7 Å². The van der Waals surface area contributed by atoms with Gasteiger partial charge in [-0.15, -0.1) is 0 Å². The fourth-order valence-corrected chi connectivity index (χ4v) is 3.20. The van der Waals surface area contributed by atoms with Crippen LogP contribution in [0.5, 0.6) is 0 Å². The average Bonchev–Trinajstić information content (AvgIpc) is 2.28. The second kappa shape index (κ2) is 6.33. The van der Waals surface area contributed by atoms with E-state index in [0.717, 1.165) is 6.07 Å². The molecule has 1 aromatic carbocycles. The van der Waals surface area contributed by atoms with Gasteiger partial charge in [-0.05, 0) is 24.6 Å². The monoisotopic (exact) mass is 306 g/mol. The number of carbonyl (C=O) groups excluding carboxylic acids is 1. The molecule has 0 aliphatic heterocycles. The fraction of sp³-hybridized carbons (Fsp3) is 0.364. The van der Waals surface area contributed by atoms with Crippen molar-refractivity contribution >= 4 is 27.6 Å². The van der Waals surface area contributed by atoms with Crippen LogP contribution < -0.4 is 9.83 Å². The van der Waals surface area contributed by atoms with E-state index >= 15 is 0 Å². The van der Waals surface area contributed by atoms with Gasteiger partial charge in [0.15, 0.2) is 0 Å². The van der Waals surface area contributed by atoms with Gasteiger partial charge < -0.3 is 14.6 Å². The molecule has 0 bridgehead atoms. The van der Waals surface area contributed by atoms with Crippen molar-refractivity contribution in [1.82, 2.24) is 4.72 Å². The van der Waals surface area contributed by atoms with Crippen LogP contribution in [-0.4, -0.2) is 34.1 Å². The molecule has 8 heteroatoms. The van der Waals surface area contributed by atoms with Gasteiger partial charge in [0.2, 0.25) is 10.0 Å². The van der Waals surface area contributed by atoms with E-state index in [0.29, 0.717) is 0 Å². The predicted octanol–water partition coefficient (Wildman–Crippen LogP) is 0.0167. The van der Waals surface area contributed by atoms with Gasteiger partial charge in [0.1, 0.15) is 4.90 Å². The number of sulfonamides is 1. The molecular formula is C11H13ClNO5S-. The minimum atomic E-state index is -3.92. The zero-order valence-electron chi connectivity index (χ0n) is 10.3. The van der Waals surface area contributed by atoms with E-state index in [1.807, 2.05) is 0 Å². The summed E-state index contributed by atoms with van der Waals surface area (Å²) in [6.45, 7) is 1.79. The lowest BCUT2D eigenvalue weighted by atomic mass is 10.2. The lowest BCUT2D eigenvalue weighted by Crippen LogP contribution is -2.36. The van der Waals surface area contributed by atoms with Crippen LogP contribution in [0.15, 0.2) is 23.1 Å². The highest BCUT2D eigenvalue weighted by molar-refractivity contribution is 7.89. The van der Waals surface area contributed by atoms with Crippen molar-refractivity contribution in [3.63, 3.8) is 0 Å². The molecule has 1 atom stereocenters. The number of ether oxygens (including phenoxy) is 1.